The predicted octanol–water partition coefficient (Wildman–Crippen LogP) is 2.92. The van der Waals surface area contributed by atoms with E-state index in [1.165, 1.54) is 19.3 Å². The largest absolute Gasteiger partial charge is 0.329 e. The fourth-order valence-electron chi connectivity index (χ4n) is 4.23. The van der Waals surface area contributed by atoms with Crippen LogP contribution in [0.25, 0.3) is 0 Å². The molecule has 0 bridgehead atoms. The van der Waals surface area contributed by atoms with Gasteiger partial charge in [0.1, 0.15) is 0 Å². The quantitative estimate of drug-likeness (QED) is 0.776. The van der Waals surface area contributed by atoms with Crippen LogP contribution < -0.4 is 11.1 Å². The highest BCUT2D eigenvalue weighted by Gasteiger charge is 2.46. The third kappa shape index (κ3) is 3.46. The minimum atomic E-state index is 0.138. The van der Waals surface area contributed by atoms with Crippen LogP contribution in [0.15, 0.2) is 0 Å². The second-order valence-electron chi connectivity index (χ2n) is 7.64. The zero-order chi connectivity index (χ0) is 12.6. The molecule has 3 N–H and O–H groups in total. The highest BCUT2D eigenvalue weighted by atomic mass is 15.0. The van der Waals surface area contributed by atoms with Crippen molar-refractivity contribution in [2.24, 2.45) is 16.6 Å². The van der Waals surface area contributed by atoms with Crippen molar-refractivity contribution in [2.45, 2.75) is 72.4 Å². The van der Waals surface area contributed by atoms with Crippen LogP contribution >= 0.6 is 0 Å². The molecular formula is C14H30N2. The van der Waals surface area contributed by atoms with E-state index in [2.05, 4.69) is 46.9 Å². The molecule has 0 unspecified atom stereocenters. The van der Waals surface area contributed by atoms with Gasteiger partial charge in [0.05, 0.1) is 0 Å². The fraction of sp³-hybridized carbons (Fsp3) is 1.00. The molecular weight excluding hydrogens is 196 g/mol. The monoisotopic (exact) mass is 226 g/mol. The van der Waals surface area contributed by atoms with E-state index in [1.807, 2.05) is 0 Å². The Bertz CT molecular complexity index is 225. The molecule has 1 fully saturated rings. The molecule has 0 aromatic rings. The van der Waals surface area contributed by atoms with Gasteiger partial charge in [-0.15, -0.1) is 0 Å². The summed E-state index contributed by atoms with van der Waals surface area (Å²) in [6.45, 7) is 14.7. The first-order chi connectivity index (χ1) is 7.10. The molecule has 0 saturated heterocycles. The molecule has 1 aliphatic rings. The van der Waals surface area contributed by atoms with Gasteiger partial charge in [-0.25, -0.2) is 0 Å². The number of rotatable bonds is 3. The lowest BCUT2D eigenvalue weighted by Crippen LogP contribution is -2.60. The number of hydrogen-bond donors (Lipinski definition) is 2. The van der Waals surface area contributed by atoms with Crippen LogP contribution in [0, 0.1) is 10.8 Å². The Balaban J connectivity index is 2.92. The molecule has 0 spiro atoms. The van der Waals surface area contributed by atoms with Gasteiger partial charge >= 0.3 is 0 Å². The van der Waals surface area contributed by atoms with E-state index < -0.39 is 0 Å². The molecule has 1 rings (SSSR count). The van der Waals surface area contributed by atoms with Crippen LogP contribution in [0.1, 0.15) is 60.8 Å². The summed E-state index contributed by atoms with van der Waals surface area (Å²) in [7, 11) is 0. The Labute approximate surface area is 101 Å². The van der Waals surface area contributed by atoms with E-state index in [0.717, 1.165) is 6.54 Å². The van der Waals surface area contributed by atoms with E-state index >= 15 is 0 Å². The minimum Gasteiger partial charge on any atom is -0.329 e. The molecule has 0 heterocycles. The molecule has 0 radical (unpaired) electrons. The van der Waals surface area contributed by atoms with Crippen LogP contribution in [0.4, 0.5) is 0 Å². The topological polar surface area (TPSA) is 38.0 Å². The van der Waals surface area contributed by atoms with Gasteiger partial charge < -0.3 is 11.1 Å². The maximum absolute atomic E-state index is 6.07. The zero-order valence-corrected chi connectivity index (χ0v) is 12.0. The normalized spacial score (nSPS) is 27.0. The second kappa shape index (κ2) is 4.30. The SMILES string of the molecule is CC(C)NC1(CN)CC(C)(C)CC(C)(C)C1. The summed E-state index contributed by atoms with van der Waals surface area (Å²) < 4.78 is 0. The summed E-state index contributed by atoms with van der Waals surface area (Å²) in [6.07, 6.45) is 3.68. The van der Waals surface area contributed by atoms with Crippen LogP contribution in [-0.4, -0.2) is 18.1 Å². The molecule has 0 amide bonds. The summed E-state index contributed by atoms with van der Waals surface area (Å²) in [5.41, 5.74) is 6.99. The van der Waals surface area contributed by atoms with Crippen molar-refractivity contribution in [1.29, 1.82) is 0 Å². The molecule has 1 saturated carbocycles. The molecule has 1 aliphatic carbocycles. The Kier molecular flexibility index (Phi) is 3.76. The Hall–Kier alpha value is -0.0800. The molecule has 96 valence electrons. The molecule has 2 heteroatoms. The smallest absolute Gasteiger partial charge is 0.0316 e. The molecule has 0 aliphatic heterocycles. The van der Waals surface area contributed by atoms with Gasteiger partial charge in [0, 0.05) is 18.1 Å². The average Bonchev–Trinajstić information content (AvgIpc) is 1.96. The van der Waals surface area contributed by atoms with E-state index in [1.54, 1.807) is 0 Å². The third-order valence-electron chi connectivity index (χ3n) is 3.58. The summed E-state index contributed by atoms with van der Waals surface area (Å²) in [6, 6.07) is 0.508. The van der Waals surface area contributed by atoms with Gasteiger partial charge in [0.15, 0.2) is 0 Å². The van der Waals surface area contributed by atoms with E-state index in [4.69, 9.17) is 5.73 Å². The van der Waals surface area contributed by atoms with Gasteiger partial charge in [-0.2, -0.15) is 0 Å². The Morgan fingerprint density at radius 2 is 1.44 bits per heavy atom. The summed E-state index contributed by atoms with van der Waals surface area (Å²) in [5.74, 6) is 0. The van der Waals surface area contributed by atoms with Crippen LogP contribution in [0.2, 0.25) is 0 Å². The molecule has 16 heavy (non-hydrogen) atoms. The first-order valence-corrected chi connectivity index (χ1v) is 6.58. The lowest BCUT2D eigenvalue weighted by Gasteiger charge is -2.53. The molecule has 0 aromatic carbocycles. The van der Waals surface area contributed by atoms with E-state index in [-0.39, 0.29) is 5.54 Å². The van der Waals surface area contributed by atoms with Crippen molar-refractivity contribution in [1.82, 2.24) is 5.32 Å². The zero-order valence-electron chi connectivity index (χ0n) is 12.0. The van der Waals surface area contributed by atoms with E-state index in [0.29, 0.717) is 16.9 Å². The standard InChI is InChI=1S/C14H30N2/c1-11(2)16-14(10-15)8-12(3,4)7-13(5,6)9-14/h11,16H,7-10,15H2,1-6H3. The van der Waals surface area contributed by atoms with Crippen LogP contribution in [0.5, 0.6) is 0 Å². The summed E-state index contributed by atoms with van der Waals surface area (Å²) in [5, 5.41) is 3.73. The first-order valence-electron chi connectivity index (χ1n) is 6.58. The molecule has 0 aromatic heterocycles. The van der Waals surface area contributed by atoms with Crippen molar-refractivity contribution in [3.05, 3.63) is 0 Å². The van der Waals surface area contributed by atoms with Gasteiger partial charge in [-0.3, -0.25) is 0 Å². The summed E-state index contributed by atoms with van der Waals surface area (Å²) >= 11 is 0. The first kappa shape index (κ1) is 14.0. The predicted molar refractivity (Wildman–Crippen MR) is 71.5 cm³/mol. The minimum absolute atomic E-state index is 0.138. The maximum Gasteiger partial charge on any atom is 0.0316 e. The average molecular weight is 226 g/mol. The number of nitrogens with one attached hydrogen (secondary N) is 1. The maximum atomic E-state index is 6.07. The lowest BCUT2D eigenvalue weighted by atomic mass is 9.58. The molecule has 0 atom stereocenters. The van der Waals surface area contributed by atoms with Gasteiger partial charge in [-0.1, -0.05) is 41.5 Å². The van der Waals surface area contributed by atoms with Crippen LogP contribution in [-0.2, 0) is 0 Å². The van der Waals surface area contributed by atoms with E-state index in [9.17, 15) is 0 Å². The van der Waals surface area contributed by atoms with Crippen molar-refractivity contribution in [3.8, 4) is 0 Å². The summed E-state index contributed by atoms with van der Waals surface area (Å²) in [4.78, 5) is 0. The van der Waals surface area contributed by atoms with Crippen molar-refractivity contribution in [3.63, 3.8) is 0 Å². The van der Waals surface area contributed by atoms with Gasteiger partial charge in [0.25, 0.3) is 0 Å². The highest BCUT2D eigenvalue weighted by molar-refractivity contribution is 5.03. The second-order valence-corrected chi connectivity index (χ2v) is 7.64. The molecule has 2 nitrogen and oxygen atoms in total. The Morgan fingerprint density at radius 1 is 1.00 bits per heavy atom. The number of hydrogen-bond acceptors (Lipinski definition) is 2. The van der Waals surface area contributed by atoms with Crippen molar-refractivity contribution in [2.75, 3.05) is 6.54 Å². The number of nitrogens with two attached hydrogens (primary N) is 1. The highest BCUT2D eigenvalue weighted by Crippen LogP contribution is 2.49. The van der Waals surface area contributed by atoms with Crippen molar-refractivity contribution < 1.29 is 0 Å². The Morgan fingerprint density at radius 3 is 1.75 bits per heavy atom. The lowest BCUT2D eigenvalue weighted by molar-refractivity contribution is 0.0284. The fourth-order valence-corrected chi connectivity index (χ4v) is 4.23. The third-order valence-corrected chi connectivity index (χ3v) is 3.58. The van der Waals surface area contributed by atoms with Gasteiger partial charge in [-0.05, 0) is 30.1 Å². The van der Waals surface area contributed by atoms with Crippen LogP contribution in [0.3, 0.4) is 0 Å². The van der Waals surface area contributed by atoms with Gasteiger partial charge in [0.2, 0.25) is 0 Å². The van der Waals surface area contributed by atoms with Crippen molar-refractivity contribution >= 4 is 0 Å².